The average Bonchev–Trinajstić information content (AvgIpc) is 2.86. The Balaban J connectivity index is 2.10. The number of hydrogen-bond donors (Lipinski definition) is 2. The lowest BCUT2D eigenvalue weighted by atomic mass is 10.0. The van der Waals surface area contributed by atoms with Gasteiger partial charge in [0.25, 0.3) is 0 Å². The first-order valence-electron chi connectivity index (χ1n) is 6.90. The number of carboxylic acid groups (broad SMARTS) is 1. The molecule has 0 aromatic heterocycles. The van der Waals surface area contributed by atoms with Gasteiger partial charge in [-0.1, -0.05) is 12.1 Å². The molecule has 2 rings (SSSR count). The summed E-state index contributed by atoms with van der Waals surface area (Å²) in [6.45, 7) is 4.30. The molecule has 0 bridgehead atoms. The fourth-order valence-electron chi connectivity index (χ4n) is 2.28. The number of benzene rings is 1. The smallest absolute Gasteiger partial charge is 0.328 e. The van der Waals surface area contributed by atoms with Gasteiger partial charge in [0.1, 0.15) is 0 Å². The summed E-state index contributed by atoms with van der Waals surface area (Å²) < 4.78 is 5.41. The minimum atomic E-state index is -1.00. The Morgan fingerprint density at radius 1 is 1.43 bits per heavy atom. The summed E-state index contributed by atoms with van der Waals surface area (Å²) >= 11 is 0. The van der Waals surface area contributed by atoms with E-state index < -0.39 is 5.97 Å². The lowest BCUT2D eigenvalue weighted by molar-refractivity contribution is -0.131. The van der Waals surface area contributed by atoms with Gasteiger partial charge in [-0.2, -0.15) is 0 Å². The zero-order valence-corrected chi connectivity index (χ0v) is 12.1. The lowest BCUT2D eigenvalue weighted by Crippen LogP contribution is -2.23. The highest BCUT2D eigenvalue weighted by atomic mass is 16.5. The maximum Gasteiger partial charge on any atom is 0.328 e. The zero-order valence-electron chi connectivity index (χ0n) is 12.1. The summed E-state index contributed by atoms with van der Waals surface area (Å²) in [7, 11) is 0. The molecule has 0 saturated carbocycles. The van der Waals surface area contributed by atoms with E-state index in [1.54, 1.807) is 6.07 Å². The second-order valence-corrected chi connectivity index (χ2v) is 5.31. The number of aliphatic carboxylic acids is 1. The van der Waals surface area contributed by atoms with Crippen molar-refractivity contribution in [2.75, 3.05) is 11.9 Å². The first kappa shape index (κ1) is 15.3. The topological polar surface area (TPSA) is 75.6 Å². The highest BCUT2D eigenvalue weighted by Gasteiger charge is 2.28. The molecule has 1 saturated heterocycles. The standard InChI is InChI=1S/C16H19NO4/c1-10-3-4-12(5-6-15(18)19)8-14(10)17-16(20)13-7-11(2)21-9-13/h3-6,8,11,13H,7,9H2,1-2H3,(H,17,20)(H,18,19)/b6-5+. The van der Waals surface area contributed by atoms with Crippen LogP contribution < -0.4 is 5.32 Å². The number of carboxylic acids is 1. The fraction of sp³-hybridized carbons (Fsp3) is 0.375. The quantitative estimate of drug-likeness (QED) is 0.835. The molecule has 21 heavy (non-hydrogen) atoms. The number of nitrogens with one attached hydrogen (secondary N) is 1. The van der Waals surface area contributed by atoms with Crippen molar-refractivity contribution in [1.82, 2.24) is 0 Å². The van der Waals surface area contributed by atoms with Crippen molar-refractivity contribution in [2.24, 2.45) is 5.92 Å². The molecule has 5 heteroatoms. The number of rotatable bonds is 4. The van der Waals surface area contributed by atoms with Crippen LogP contribution in [0.25, 0.3) is 6.08 Å². The highest BCUT2D eigenvalue weighted by Crippen LogP contribution is 2.23. The minimum Gasteiger partial charge on any atom is -0.478 e. The molecule has 5 nitrogen and oxygen atoms in total. The van der Waals surface area contributed by atoms with Gasteiger partial charge < -0.3 is 15.2 Å². The summed E-state index contributed by atoms with van der Waals surface area (Å²) in [6.07, 6.45) is 3.41. The second-order valence-electron chi connectivity index (χ2n) is 5.31. The predicted octanol–water partition coefficient (Wildman–Crippen LogP) is 2.46. The molecule has 0 spiro atoms. The zero-order chi connectivity index (χ0) is 15.4. The molecule has 2 atom stereocenters. The van der Waals surface area contributed by atoms with Crippen molar-refractivity contribution >= 4 is 23.6 Å². The van der Waals surface area contributed by atoms with Crippen LogP contribution in [0.15, 0.2) is 24.3 Å². The third-order valence-corrected chi connectivity index (χ3v) is 3.51. The molecule has 1 aromatic rings. The first-order chi connectivity index (χ1) is 9.95. The van der Waals surface area contributed by atoms with Crippen LogP contribution in [0.5, 0.6) is 0 Å². The third kappa shape index (κ3) is 4.16. The number of ether oxygens (including phenoxy) is 1. The van der Waals surface area contributed by atoms with Gasteiger partial charge in [-0.15, -0.1) is 0 Å². The minimum absolute atomic E-state index is 0.0539. The maximum atomic E-state index is 12.2. The van der Waals surface area contributed by atoms with E-state index in [0.717, 1.165) is 23.6 Å². The van der Waals surface area contributed by atoms with Crippen LogP contribution in [-0.2, 0) is 14.3 Å². The molecular formula is C16H19NO4. The largest absolute Gasteiger partial charge is 0.478 e. The predicted molar refractivity (Wildman–Crippen MR) is 80.0 cm³/mol. The Morgan fingerprint density at radius 3 is 2.81 bits per heavy atom. The van der Waals surface area contributed by atoms with Crippen LogP contribution in [0.4, 0.5) is 5.69 Å². The van der Waals surface area contributed by atoms with E-state index in [9.17, 15) is 9.59 Å². The molecule has 2 N–H and O–H groups in total. The van der Waals surface area contributed by atoms with Crippen LogP contribution in [0.2, 0.25) is 0 Å². The van der Waals surface area contributed by atoms with Gasteiger partial charge in [0.2, 0.25) is 5.91 Å². The van der Waals surface area contributed by atoms with Gasteiger partial charge in [0, 0.05) is 11.8 Å². The number of amides is 1. The molecule has 1 aromatic carbocycles. The number of hydrogen-bond acceptors (Lipinski definition) is 3. The van der Waals surface area contributed by atoms with E-state index in [1.807, 2.05) is 26.0 Å². The van der Waals surface area contributed by atoms with Crippen molar-refractivity contribution in [3.8, 4) is 0 Å². The number of carbonyl (C=O) groups excluding carboxylic acids is 1. The van der Waals surface area contributed by atoms with Crippen LogP contribution in [0.3, 0.4) is 0 Å². The van der Waals surface area contributed by atoms with E-state index in [1.165, 1.54) is 6.08 Å². The van der Waals surface area contributed by atoms with Crippen LogP contribution in [0, 0.1) is 12.8 Å². The fourth-order valence-corrected chi connectivity index (χ4v) is 2.28. The molecule has 1 aliphatic rings. The highest BCUT2D eigenvalue weighted by molar-refractivity contribution is 5.94. The van der Waals surface area contributed by atoms with Gasteiger partial charge >= 0.3 is 5.97 Å². The van der Waals surface area contributed by atoms with Crippen molar-refractivity contribution < 1.29 is 19.4 Å². The van der Waals surface area contributed by atoms with E-state index in [0.29, 0.717) is 12.3 Å². The Labute approximate surface area is 123 Å². The van der Waals surface area contributed by atoms with Gasteiger partial charge in [-0.05, 0) is 43.5 Å². The van der Waals surface area contributed by atoms with E-state index in [4.69, 9.17) is 9.84 Å². The summed E-state index contributed by atoms with van der Waals surface area (Å²) in [4.78, 5) is 22.7. The van der Waals surface area contributed by atoms with Gasteiger partial charge in [-0.25, -0.2) is 4.79 Å². The number of anilines is 1. The van der Waals surface area contributed by atoms with Crippen LogP contribution in [-0.4, -0.2) is 29.7 Å². The Morgan fingerprint density at radius 2 is 2.19 bits per heavy atom. The summed E-state index contributed by atoms with van der Waals surface area (Å²) in [5.41, 5.74) is 2.37. The first-order valence-corrected chi connectivity index (χ1v) is 6.90. The Kier molecular flexibility index (Phi) is 4.75. The van der Waals surface area contributed by atoms with Crippen molar-refractivity contribution in [3.63, 3.8) is 0 Å². The normalized spacial score (nSPS) is 21.6. The third-order valence-electron chi connectivity index (χ3n) is 3.51. The number of carbonyl (C=O) groups is 2. The van der Waals surface area contributed by atoms with Crippen molar-refractivity contribution in [2.45, 2.75) is 26.4 Å². The van der Waals surface area contributed by atoms with Crippen molar-refractivity contribution in [1.29, 1.82) is 0 Å². The van der Waals surface area contributed by atoms with Gasteiger partial charge in [-0.3, -0.25) is 4.79 Å². The molecule has 1 aliphatic heterocycles. The molecule has 1 heterocycles. The molecular weight excluding hydrogens is 270 g/mol. The second kappa shape index (κ2) is 6.54. The number of aryl methyl sites for hydroxylation is 1. The van der Waals surface area contributed by atoms with Crippen LogP contribution >= 0.6 is 0 Å². The monoisotopic (exact) mass is 289 g/mol. The van der Waals surface area contributed by atoms with Crippen LogP contribution in [0.1, 0.15) is 24.5 Å². The molecule has 1 fully saturated rings. The van der Waals surface area contributed by atoms with Gasteiger partial charge in [0.15, 0.2) is 0 Å². The maximum absolute atomic E-state index is 12.2. The average molecular weight is 289 g/mol. The van der Waals surface area contributed by atoms with E-state index in [2.05, 4.69) is 5.32 Å². The molecule has 112 valence electrons. The Hall–Kier alpha value is -2.14. The lowest BCUT2D eigenvalue weighted by Gasteiger charge is -2.12. The molecule has 2 unspecified atom stereocenters. The van der Waals surface area contributed by atoms with E-state index in [-0.39, 0.29) is 17.9 Å². The molecule has 0 radical (unpaired) electrons. The molecule has 0 aliphatic carbocycles. The Bertz CT molecular complexity index is 580. The molecule has 1 amide bonds. The summed E-state index contributed by atoms with van der Waals surface area (Å²) in [6, 6.07) is 5.43. The summed E-state index contributed by atoms with van der Waals surface area (Å²) in [5, 5.41) is 11.5. The van der Waals surface area contributed by atoms with Crippen molar-refractivity contribution in [3.05, 3.63) is 35.4 Å². The summed E-state index contributed by atoms with van der Waals surface area (Å²) in [5.74, 6) is -1.18. The van der Waals surface area contributed by atoms with E-state index >= 15 is 0 Å². The van der Waals surface area contributed by atoms with Gasteiger partial charge in [0.05, 0.1) is 18.6 Å². The SMILES string of the molecule is Cc1ccc(/C=C/C(=O)O)cc1NC(=O)C1COC(C)C1.